The highest BCUT2D eigenvalue weighted by Crippen LogP contribution is 2.38. The minimum Gasteiger partial charge on any atom is -0.370 e. The second kappa shape index (κ2) is 8.52. The van der Waals surface area contributed by atoms with Crippen molar-refractivity contribution in [1.29, 1.82) is 0 Å². The molecule has 162 valence electrons. The maximum atomic E-state index is 13.2. The summed E-state index contributed by atoms with van der Waals surface area (Å²) < 4.78 is 8.72. The molecule has 0 spiro atoms. The zero-order chi connectivity index (χ0) is 22.1. The van der Waals surface area contributed by atoms with E-state index in [9.17, 15) is 9.59 Å². The van der Waals surface area contributed by atoms with E-state index in [4.69, 9.17) is 4.74 Å². The van der Waals surface area contributed by atoms with E-state index in [1.54, 1.807) is 47.4 Å². The average Bonchev–Trinajstić information content (AvgIpc) is 3.52. The first-order chi connectivity index (χ1) is 15.7. The summed E-state index contributed by atoms with van der Waals surface area (Å²) in [5.74, 6) is 0.386. The smallest absolute Gasteiger partial charge is 0.261 e. The van der Waals surface area contributed by atoms with Crippen LogP contribution in [-0.2, 0) is 4.74 Å². The van der Waals surface area contributed by atoms with Gasteiger partial charge in [-0.25, -0.2) is 9.67 Å². The number of hydrogen-bond acceptors (Lipinski definition) is 6. The molecule has 1 N–H and O–H groups in total. The van der Waals surface area contributed by atoms with Gasteiger partial charge in [0.15, 0.2) is 5.82 Å². The number of hydrogen-bond donors (Lipinski definition) is 1. The molecule has 1 saturated heterocycles. The summed E-state index contributed by atoms with van der Waals surface area (Å²) in [6.45, 7) is 1.24. The lowest BCUT2D eigenvalue weighted by molar-refractivity contribution is -0.0222. The fourth-order valence-electron chi connectivity index (χ4n) is 3.91. The van der Waals surface area contributed by atoms with Gasteiger partial charge in [-0.05, 0) is 29.7 Å². The summed E-state index contributed by atoms with van der Waals surface area (Å²) in [6.07, 6.45) is 4.66. The van der Waals surface area contributed by atoms with Crippen LogP contribution in [-0.4, -0.2) is 58.2 Å². The quantitative estimate of drug-likeness (QED) is 0.519. The van der Waals surface area contributed by atoms with Crippen molar-refractivity contribution in [2.24, 2.45) is 0 Å². The summed E-state index contributed by atoms with van der Waals surface area (Å²) in [4.78, 5) is 32.5. The number of ether oxygens (including phenoxy) is 1. The molecule has 0 unspecified atom stereocenters. The normalized spacial score (nSPS) is 16.3. The Balaban J connectivity index is 1.41. The Morgan fingerprint density at radius 1 is 1.19 bits per heavy atom. The van der Waals surface area contributed by atoms with Gasteiger partial charge < -0.3 is 15.0 Å². The number of morpholine rings is 1. The van der Waals surface area contributed by atoms with Crippen molar-refractivity contribution in [2.75, 3.05) is 26.7 Å². The van der Waals surface area contributed by atoms with Crippen LogP contribution in [0.15, 0.2) is 61.1 Å². The Morgan fingerprint density at radius 3 is 2.81 bits per heavy atom. The predicted molar refractivity (Wildman–Crippen MR) is 121 cm³/mol. The highest BCUT2D eigenvalue weighted by Gasteiger charge is 2.31. The first kappa shape index (κ1) is 20.3. The molecular formula is C23H21N5O3S. The summed E-state index contributed by atoms with van der Waals surface area (Å²) in [6, 6.07) is 13.2. The van der Waals surface area contributed by atoms with E-state index in [-0.39, 0.29) is 17.9 Å². The molecule has 1 aromatic carbocycles. The fraction of sp³-hybridized carbons (Fsp3) is 0.217. The van der Waals surface area contributed by atoms with Crippen molar-refractivity contribution in [1.82, 2.24) is 25.0 Å². The Kier molecular flexibility index (Phi) is 5.42. The zero-order valence-corrected chi connectivity index (χ0v) is 18.2. The van der Waals surface area contributed by atoms with Gasteiger partial charge in [0.05, 0.1) is 23.6 Å². The van der Waals surface area contributed by atoms with E-state index in [1.807, 2.05) is 30.3 Å². The van der Waals surface area contributed by atoms with Gasteiger partial charge in [0, 0.05) is 42.4 Å². The number of thiophene rings is 1. The number of benzene rings is 1. The van der Waals surface area contributed by atoms with Gasteiger partial charge in [-0.15, -0.1) is 11.3 Å². The molecule has 5 rings (SSSR count). The molecule has 2 amide bonds. The van der Waals surface area contributed by atoms with Crippen molar-refractivity contribution < 1.29 is 14.3 Å². The van der Waals surface area contributed by atoms with Crippen LogP contribution >= 0.6 is 11.3 Å². The molecule has 3 aromatic heterocycles. The molecule has 1 aliphatic rings. The van der Waals surface area contributed by atoms with Gasteiger partial charge in [-0.3, -0.25) is 9.59 Å². The van der Waals surface area contributed by atoms with Gasteiger partial charge in [-0.1, -0.05) is 18.2 Å². The Bertz CT molecular complexity index is 1270. The number of rotatable bonds is 4. The molecule has 0 radical (unpaired) electrons. The fourth-order valence-corrected chi connectivity index (χ4v) is 5.11. The Morgan fingerprint density at radius 2 is 2.06 bits per heavy atom. The molecule has 1 fully saturated rings. The number of carbonyl (C=O) groups excluding carboxylic acids is 2. The summed E-state index contributed by atoms with van der Waals surface area (Å²) in [5.41, 5.74) is 1.35. The molecule has 0 bridgehead atoms. The molecule has 1 aliphatic heterocycles. The second-order valence-electron chi connectivity index (χ2n) is 7.39. The molecule has 32 heavy (non-hydrogen) atoms. The zero-order valence-electron chi connectivity index (χ0n) is 17.4. The predicted octanol–water partition coefficient (Wildman–Crippen LogP) is 3.06. The number of amides is 2. The lowest BCUT2D eigenvalue weighted by atomic mass is 10.0. The van der Waals surface area contributed by atoms with Crippen molar-refractivity contribution in [2.45, 2.75) is 6.10 Å². The average molecular weight is 448 g/mol. The summed E-state index contributed by atoms with van der Waals surface area (Å²) in [7, 11) is 1.62. The SMILES string of the molecule is CNC(=O)c1sc2ccccc2c1[C@@H]1CN(C(=O)c2ccc(-n3cccn3)nc2)CCO1. The van der Waals surface area contributed by atoms with Gasteiger partial charge in [-0.2, -0.15) is 5.10 Å². The maximum absolute atomic E-state index is 13.2. The molecule has 4 heterocycles. The maximum Gasteiger partial charge on any atom is 0.261 e. The third-order valence-electron chi connectivity index (χ3n) is 5.48. The largest absolute Gasteiger partial charge is 0.370 e. The number of nitrogens with one attached hydrogen (secondary N) is 1. The van der Waals surface area contributed by atoms with Crippen LogP contribution in [0.5, 0.6) is 0 Å². The lowest BCUT2D eigenvalue weighted by Crippen LogP contribution is -2.42. The van der Waals surface area contributed by atoms with Crippen LogP contribution in [0.1, 0.15) is 31.7 Å². The molecule has 9 heteroatoms. The van der Waals surface area contributed by atoms with E-state index in [0.717, 1.165) is 15.6 Å². The number of fused-ring (bicyclic) bond motifs is 1. The standard InChI is InChI=1S/C23H21N5O3S/c1-24-22(29)21-20(16-5-2-3-6-18(16)32-21)17-14-27(11-12-31-17)23(30)15-7-8-19(25-13-15)28-10-4-9-26-28/h2-10,13,17H,11-12,14H2,1H3,(H,24,29)/t17-/m0/s1. The second-order valence-corrected chi connectivity index (χ2v) is 8.44. The minimum atomic E-state index is -0.382. The number of nitrogens with zero attached hydrogens (tertiary/aromatic N) is 4. The summed E-state index contributed by atoms with van der Waals surface area (Å²) >= 11 is 1.44. The molecule has 0 saturated carbocycles. The van der Waals surface area contributed by atoms with E-state index < -0.39 is 0 Å². The van der Waals surface area contributed by atoms with E-state index in [0.29, 0.717) is 36.0 Å². The molecule has 1 atom stereocenters. The lowest BCUT2D eigenvalue weighted by Gasteiger charge is -2.33. The van der Waals surface area contributed by atoms with Crippen LogP contribution in [0.2, 0.25) is 0 Å². The highest BCUT2D eigenvalue weighted by atomic mass is 32.1. The van der Waals surface area contributed by atoms with Crippen LogP contribution in [0.4, 0.5) is 0 Å². The van der Waals surface area contributed by atoms with Gasteiger partial charge in [0.2, 0.25) is 0 Å². The molecule has 0 aliphatic carbocycles. The Labute approximate surface area is 188 Å². The van der Waals surface area contributed by atoms with Crippen molar-refractivity contribution in [3.63, 3.8) is 0 Å². The molecule has 8 nitrogen and oxygen atoms in total. The summed E-state index contributed by atoms with van der Waals surface area (Å²) in [5, 5.41) is 7.86. The Hall–Kier alpha value is -3.56. The van der Waals surface area contributed by atoms with Crippen LogP contribution < -0.4 is 5.32 Å². The monoisotopic (exact) mass is 447 g/mol. The first-order valence-corrected chi connectivity index (χ1v) is 11.1. The van der Waals surface area contributed by atoms with Crippen LogP contribution in [0, 0.1) is 0 Å². The third kappa shape index (κ3) is 3.65. The van der Waals surface area contributed by atoms with Crippen LogP contribution in [0.3, 0.4) is 0 Å². The van der Waals surface area contributed by atoms with Crippen molar-refractivity contribution in [3.8, 4) is 5.82 Å². The molecule has 4 aromatic rings. The van der Waals surface area contributed by atoms with Gasteiger partial charge in [0.1, 0.15) is 6.10 Å². The first-order valence-electron chi connectivity index (χ1n) is 10.3. The van der Waals surface area contributed by atoms with Gasteiger partial charge >= 0.3 is 0 Å². The number of aromatic nitrogens is 3. The third-order valence-corrected chi connectivity index (χ3v) is 6.66. The minimum absolute atomic E-state index is 0.112. The number of pyridine rings is 1. The van der Waals surface area contributed by atoms with Gasteiger partial charge in [0.25, 0.3) is 11.8 Å². The topological polar surface area (TPSA) is 89.4 Å². The van der Waals surface area contributed by atoms with Crippen LogP contribution in [0.25, 0.3) is 15.9 Å². The van der Waals surface area contributed by atoms with Crippen molar-refractivity contribution >= 4 is 33.2 Å². The highest BCUT2D eigenvalue weighted by molar-refractivity contribution is 7.21. The van der Waals surface area contributed by atoms with E-state index in [1.165, 1.54) is 11.3 Å². The number of carbonyl (C=O) groups is 2. The van der Waals surface area contributed by atoms with E-state index in [2.05, 4.69) is 15.4 Å². The van der Waals surface area contributed by atoms with Crippen molar-refractivity contribution in [3.05, 3.63) is 77.1 Å². The molecular weight excluding hydrogens is 426 g/mol. The van der Waals surface area contributed by atoms with E-state index >= 15 is 0 Å².